The van der Waals surface area contributed by atoms with Crippen LogP contribution in [0.3, 0.4) is 0 Å². The molecule has 0 fully saturated rings. The first-order valence-electron chi connectivity index (χ1n) is 16.0. The quantitative estimate of drug-likeness (QED) is 0.110. The molecule has 236 valence electrons. The van der Waals surface area contributed by atoms with Crippen LogP contribution in [0.4, 0.5) is 0 Å². The summed E-state index contributed by atoms with van der Waals surface area (Å²) in [5, 5.41) is 20.5. The lowest BCUT2D eigenvalue weighted by Gasteiger charge is -2.15. The highest BCUT2D eigenvalue weighted by atomic mass is 32.2. The number of benzene rings is 2. The van der Waals surface area contributed by atoms with Crippen LogP contribution in [0.5, 0.6) is 17.2 Å². The third kappa shape index (κ3) is 11.0. The molecule has 0 bridgehead atoms. The number of phenols is 2. The highest BCUT2D eigenvalue weighted by Crippen LogP contribution is 2.35. The number of fused-ring (bicyclic) bond motifs is 1. The molecule has 0 spiro atoms. The standard InChI is InChI=1S/C37H52O5S/c1-25(2)10-7-11-26(3)12-8-13-27(4)14-9-15-28(5)20-21-43-24-33-35(40)32-22-30(38)23-34(39)37(32)42-36(33)29-16-18-31(41-6)19-17-29/h16-20,22-23,25-27,38-39H,7-15,21,24H2,1-6H3/t26-,27-/m1/s1. The normalized spacial score (nSPS) is 13.5. The highest BCUT2D eigenvalue weighted by molar-refractivity contribution is 7.98. The summed E-state index contributed by atoms with van der Waals surface area (Å²) in [6.07, 6.45) is 14.0. The molecular formula is C37H52O5S. The van der Waals surface area contributed by atoms with Crippen molar-refractivity contribution in [1.29, 1.82) is 0 Å². The summed E-state index contributed by atoms with van der Waals surface area (Å²) in [6, 6.07) is 9.85. The fourth-order valence-corrected chi connectivity index (χ4v) is 6.57. The van der Waals surface area contributed by atoms with Gasteiger partial charge >= 0.3 is 0 Å². The summed E-state index contributed by atoms with van der Waals surface area (Å²) in [5.41, 5.74) is 2.45. The zero-order valence-corrected chi connectivity index (χ0v) is 27.9. The van der Waals surface area contributed by atoms with E-state index in [1.807, 2.05) is 24.3 Å². The van der Waals surface area contributed by atoms with Gasteiger partial charge < -0.3 is 19.4 Å². The Labute approximate surface area is 262 Å². The van der Waals surface area contributed by atoms with Gasteiger partial charge in [-0.15, -0.1) is 0 Å². The van der Waals surface area contributed by atoms with E-state index >= 15 is 0 Å². The summed E-state index contributed by atoms with van der Waals surface area (Å²) in [6.45, 7) is 11.6. The number of thioether (sulfide) groups is 1. The Morgan fingerprint density at radius 2 is 1.56 bits per heavy atom. The number of aromatic hydroxyl groups is 2. The lowest BCUT2D eigenvalue weighted by Crippen LogP contribution is -2.10. The predicted molar refractivity (Wildman–Crippen MR) is 182 cm³/mol. The van der Waals surface area contributed by atoms with Crippen molar-refractivity contribution in [2.45, 2.75) is 98.2 Å². The summed E-state index contributed by atoms with van der Waals surface area (Å²) in [7, 11) is 1.60. The number of methoxy groups -OCH3 is 1. The SMILES string of the molecule is COc1ccc(-c2oc3c(O)cc(O)cc3c(=O)c2CSCC=C(C)CCC[C@H](C)CCC[C@H](C)CCCC(C)C)cc1. The average Bonchev–Trinajstić information content (AvgIpc) is 2.96. The molecule has 0 radical (unpaired) electrons. The van der Waals surface area contributed by atoms with E-state index in [1.54, 1.807) is 18.9 Å². The summed E-state index contributed by atoms with van der Waals surface area (Å²) in [5.74, 6) is 4.37. The van der Waals surface area contributed by atoms with E-state index in [4.69, 9.17) is 9.15 Å². The number of ether oxygens (including phenoxy) is 1. The van der Waals surface area contributed by atoms with Crippen molar-refractivity contribution in [3.63, 3.8) is 0 Å². The molecule has 0 amide bonds. The van der Waals surface area contributed by atoms with Crippen LogP contribution in [0.15, 0.2) is 57.3 Å². The molecule has 2 N–H and O–H groups in total. The molecule has 2 aromatic carbocycles. The van der Waals surface area contributed by atoms with Gasteiger partial charge in [-0.25, -0.2) is 0 Å². The van der Waals surface area contributed by atoms with Gasteiger partial charge in [0.15, 0.2) is 16.8 Å². The van der Waals surface area contributed by atoms with Crippen molar-refractivity contribution in [3.05, 3.63) is 63.8 Å². The van der Waals surface area contributed by atoms with E-state index in [0.29, 0.717) is 22.8 Å². The minimum atomic E-state index is -0.263. The first-order valence-corrected chi connectivity index (χ1v) is 17.1. The molecule has 0 saturated heterocycles. The maximum Gasteiger partial charge on any atom is 0.197 e. The van der Waals surface area contributed by atoms with Crippen LogP contribution >= 0.6 is 11.8 Å². The molecule has 0 unspecified atom stereocenters. The molecule has 1 aromatic heterocycles. The van der Waals surface area contributed by atoms with Gasteiger partial charge in [-0.3, -0.25) is 4.79 Å². The average molecular weight is 609 g/mol. The van der Waals surface area contributed by atoms with Crippen molar-refractivity contribution in [2.24, 2.45) is 17.8 Å². The Kier molecular flexibility index (Phi) is 14.0. The Balaban J connectivity index is 1.53. The zero-order chi connectivity index (χ0) is 31.4. The van der Waals surface area contributed by atoms with Crippen molar-refractivity contribution < 1.29 is 19.4 Å². The first-order chi connectivity index (χ1) is 20.6. The van der Waals surface area contributed by atoms with Crippen molar-refractivity contribution in [1.82, 2.24) is 0 Å². The van der Waals surface area contributed by atoms with Crippen LogP contribution in [-0.2, 0) is 5.75 Å². The number of allylic oxidation sites excluding steroid dienone is 1. The van der Waals surface area contributed by atoms with E-state index < -0.39 is 0 Å². The second kappa shape index (κ2) is 17.4. The van der Waals surface area contributed by atoms with Crippen LogP contribution in [0, 0.1) is 17.8 Å². The van der Waals surface area contributed by atoms with E-state index in [0.717, 1.165) is 35.5 Å². The molecule has 3 rings (SSSR count). The van der Waals surface area contributed by atoms with Crippen molar-refractivity contribution in [2.75, 3.05) is 12.9 Å². The summed E-state index contributed by atoms with van der Waals surface area (Å²) < 4.78 is 11.4. The van der Waals surface area contributed by atoms with Gasteiger partial charge in [0.1, 0.15) is 17.3 Å². The predicted octanol–water partition coefficient (Wildman–Crippen LogP) is 10.5. The maximum atomic E-state index is 13.5. The van der Waals surface area contributed by atoms with Gasteiger partial charge in [0.2, 0.25) is 0 Å². The lowest BCUT2D eigenvalue weighted by atomic mass is 9.91. The Bertz CT molecular complexity index is 1370. The third-order valence-electron chi connectivity index (χ3n) is 8.34. The lowest BCUT2D eigenvalue weighted by molar-refractivity contribution is 0.389. The van der Waals surface area contributed by atoms with Gasteiger partial charge in [0.25, 0.3) is 0 Å². The molecule has 5 nitrogen and oxygen atoms in total. The van der Waals surface area contributed by atoms with Crippen LogP contribution in [0.25, 0.3) is 22.3 Å². The fraction of sp³-hybridized carbons (Fsp3) is 0.541. The largest absolute Gasteiger partial charge is 0.508 e. The Morgan fingerprint density at radius 3 is 2.19 bits per heavy atom. The maximum absolute atomic E-state index is 13.5. The monoisotopic (exact) mass is 608 g/mol. The number of phenolic OH excluding ortho intramolecular Hbond substituents is 2. The summed E-state index contributed by atoms with van der Waals surface area (Å²) >= 11 is 1.66. The second-order valence-electron chi connectivity index (χ2n) is 12.7. The van der Waals surface area contributed by atoms with E-state index in [9.17, 15) is 15.0 Å². The van der Waals surface area contributed by atoms with Gasteiger partial charge in [0.05, 0.1) is 18.1 Å². The second-order valence-corrected chi connectivity index (χ2v) is 13.8. The minimum Gasteiger partial charge on any atom is -0.508 e. The summed E-state index contributed by atoms with van der Waals surface area (Å²) in [4.78, 5) is 13.5. The molecule has 1 heterocycles. The minimum absolute atomic E-state index is 0.0727. The van der Waals surface area contributed by atoms with Gasteiger partial charge in [-0.1, -0.05) is 84.3 Å². The molecule has 0 saturated carbocycles. The van der Waals surface area contributed by atoms with Gasteiger partial charge in [-0.05, 0) is 67.9 Å². The van der Waals surface area contributed by atoms with Crippen LogP contribution in [0.1, 0.15) is 98.0 Å². The fourth-order valence-electron chi connectivity index (χ4n) is 5.58. The Hall–Kier alpha value is -2.86. The molecule has 3 aromatic rings. The van der Waals surface area contributed by atoms with Gasteiger partial charge in [0, 0.05) is 23.1 Å². The molecule has 0 aliphatic rings. The molecule has 6 heteroatoms. The first kappa shape index (κ1) is 34.6. The zero-order valence-electron chi connectivity index (χ0n) is 27.1. The van der Waals surface area contributed by atoms with Crippen LogP contribution < -0.4 is 10.2 Å². The third-order valence-corrected chi connectivity index (χ3v) is 9.23. The number of rotatable bonds is 18. The van der Waals surface area contributed by atoms with Crippen molar-refractivity contribution >= 4 is 22.7 Å². The smallest absolute Gasteiger partial charge is 0.197 e. The molecule has 0 aliphatic carbocycles. The number of hydrogen-bond donors (Lipinski definition) is 2. The topological polar surface area (TPSA) is 79.9 Å². The Morgan fingerprint density at radius 1 is 0.930 bits per heavy atom. The van der Waals surface area contributed by atoms with Crippen LogP contribution in [0.2, 0.25) is 0 Å². The molecule has 0 aliphatic heterocycles. The van der Waals surface area contributed by atoms with E-state index in [1.165, 1.54) is 69.1 Å². The molecule has 43 heavy (non-hydrogen) atoms. The van der Waals surface area contributed by atoms with Crippen LogP contribution in [-0.4, -0.2) is 23.1 Å². The van der Waals surface area contributed by atoms with Gasteiger partial charge in [-0.2, -0.15) is 11.8 Å². The highest BCUT2D eigenvalue weighted by Gasteiger charge is 2.19. The van der Waals surface area contributed by atoms with E-state index in [2.05, 4.69) is 40.7 Å². The van der Waals surface area contributed by atoms with Crippen molar-refractivity contribution in [3.8, 4) is 28.6 Å². The molecular weight excluding hydrogens is 556 g/mol. The van der Waals surface area contributed by atoms with E-state index in [-0.39, 0.29) is 27.9 Å². The molecule has 2 atom stereocenters. The number of hydrogen-bond acceptors (Lipinski definition) is 6.